The van der Waals surface area contributed by atoms with Crippen LogP contribution >= 0.6 is 0 Å². The van der Waals surface area contributed by atoms with Gasteiger partial charge < -0.3 is 15.1 Å². The molecule has 0 spiro atoms. The van der Waals surface area contributed by atoms with Gasteiger partial charge in [0.15, 0.2) is 0 Å². The summed E-state index contributed by atoms with van der Waals surface area (Å²) in [5, 5.41) is 3.59. The SMILES string of the molecule is CN1CCC(CN(C)CCCCNC2CC2)CC1. The minimum absolute atomic E-state index is 0.877. The van der Waals surface area contributed by atoms with Crippen molar-refractivity contribution in [1.29, 1.82) is 0 Å². The summed E-state index contributed by atoms with van der Waals surface area (Å²) in [5.74, 6) is 0.941. The second-order valence-electron chi connectivity index (χ2n) is 6.44. The summed E-state index contributed by atoms with van der Waals surface area (Å²) in [6.45, 7) is 6.41. The Morgan fingerprint density at radius 2 is 1.83 bits per heavy atom. The second-order valence-corrected chi connectivity index (χ2v) is 6.44. The molecule has 1 aliphatic heterocycles. The average Bonchev–Trinajstić information content (AvgIpc) is 3.16. The van der Waals surface area contributed by atoms with E-state index in [1.807, 2.05) is 0 Å². The lowest BCUT2D eigenvalue weighted by atomic mass is 9.96. The molecule has 1 saturated carbocycles. The Balaban J connectivity index is 1.45. The van der Waals surface area contributed by atoms with Crippen molar-refractivity contribution >= 4 is 0 Å². The number of piperidine rings is 1. The first-order valence-corrected chi connectivity index (χ1v) is 7.84. The maximum absolute atomic E-state index is 3.59. The monoisotopic (exact) mass is 253 g/mol. The van der Waals surface area contributed by atoms with E-state index in [1.165, 1.54) is 71.2 Å². The van der Waals surface area contributed by atoms with Crippen molar-refractivity contribution in [3.63, 3.8) is 0 Å². The third kappa shape index (κ3) is 5.68. The van der Waals surface area contributed by atoms with Crippen LogP contribution in [0.15, 0.2) is 0 Å². The fourth-order valence-corrected chi connectivity index (χ4v) is 2.88. The lowest BCUT2D eigenvalue weighted by Crippen LogP contribution is -2.36. The molecule has 1 saturated heterocycles. The molecule has 2 aliphatic rings. The van der Waals surface area contributed by atoms with Crippen LogP contribution in [0.5, 0.6) is 0 Å². The van der Waals surface area contributed by atoms with Crippen LogP contribution in [0.4, 0.5) is 0 Å². The van der Waals surface area contributed by atoms with Crippen LogP contribution in [0.3, 0.4) is 0 Å². The first-order chi connectivity index (χ1) is 8.74. The number of hydrogen-bond acceptors (Lipinski definition) is 3. The molecule has 1 heterocycles. The highest BCUT2D eigenvalue weighted by atomic mass is 15.1. The number of likely N-dealkylation sites (tertiary alicyclic amines) is 1. The van der Waals surface area contributed by atoms with E-state index in [4.69, 9.17) is 0 Å². The molecule has 0 aromatic carbocycles. The fraction of sp³-hybridized carbons (Fsp3) is 1.00. The van der Waals surface area contributed by atoms with Crippen molar-refractivity contribution in [1.82, 2.24) is 15.1 Å². The molecular weight excluding hydrogens is 222 g/mol. The molecule has 106 valence electrons. The maximum Gasteiger partial charge on any atom is 0.00682 e. The summed E-state index contributed by atoms with van der Waals surface area (Å²) in [6.07, 6.45) is 8.30. The van der Waals surface area contributed by atoms with Gasteiger partial charge in [0.05, 0.1) is 0 Å². The van der Waals surface area contributed by atoms with Gasteiger partial charge in [-0.1, -0.05) is 0 Å². The predicted molar refractivity (Wildman–Crippen MR) is 78.0 cm³/mol. The Kier molecular flexibility index (Phi) is 5.93. The lowest BCUT2D eigenvalue weighted by Gasteiger charge is -2.31. The number of rotatable bonds is 8. The molecule has 0 amide bonds. The van der Waals surface area contributed by atoms with Crippen LogP contribution in [0.25, 0.3) is 0 Å². The van der Waals surface area contributed by atoms with Gasteiger partial charge in [-0.15, -0.1) is 0 Å². The van der Waals surface area contributed by atoms with E-state index in [9.17, 15) is 0 Å². The summed E-state index contributed by atoms with van der Waals surface area (Å²) < 4.78 is 0. The van der Waals surface area contributed by atoms with E-state index < -0.39 is 0 Å². The standard InChI is InChI=1S/C15H31N3/c1-17-11-7-14(8-12-17)13-18(2)10-4-3-9-16-15-5-6-15/h14-16H,3-13H2,1-2H3. The number of hydrogen-bond donors (Lipinski definition) is 1. The third-order valence-corrected chi connectivity index (χ3v) is 4.38. The Bertz CT molecular complexity index is 220. The van der Waals surface area contributed by atoms with Crippen molar-refractivity contribution in [3.8, 4) is 0 Å². The quantitative estimate of drug-likeness (QED) is 0.665. The Morgan fingerprint density at radius 1 is 1.11 bits per heavy atom. The first-order valence-electron chi connectivity index (χ1n) is 7.84. The normalized spacial score (nSPS) is 22.8. The van der Waals surface area contributed by atoms with Crippen molar-refractivity contribution in [3.05, 3.63) is 0 Å². The molecule has 0 aromatic heterocycles. The molecule has 1 N–H and O–H groups in total. The Hall–Kier alpha value is -0.120. The van der Waals surface area contributed by atoms with E-state index in [-0.39, 0.29) is 0 Å². The minimum Gasteiger partial charge on any atom is -0.314 e. The molecule has 0 aromatic rings. The zero-order valence-electron chi connectivity index (χ0n) is 12.3. The Labute approximate surface area is 113 Å². The Morgan fingerprint density at radius 3 is 2.50 bits per heavy atom. The second kappa shape index (κ2) is 7.46. The summed E-state index contributed by atoms with van der Waals surface area (Å²) in [7, 11) is 4.54. The van der Waals surface area contributed by atoms with Gasteiger partial charge in [0.25, 0.3) is 0 Å². The zero-order chi connectivity index (χ0) is 12.8. The van der Waals surface area contributed by atoms with Gasteiger partial charge in [-0.05, 0) is 84.7 Å². The first kappa shape index (κ1) is 14.3. The van der Waals surface area contributed by atoms with Gasteiger partial charge in [0.1, 0.15) is 0 Å². The average molecular weight is 253 g/mol. The lowest BCUT2D eigenvalue weighted by molar-refractivity contribution is 0.175. The molecule has 0 bridgehead atoms. The minimum atomic E-state index is 0.877. The van der Waals surface area contributed by atoms with Crippen molar-refractivity contribution < 1.29 is 0 Å². The van der Waals surface area contributed by atoms with E-state index in [0.717, 1.165) is 12.0 Å². The van der Waals surface area contributed by atoms with Crippen LogP contribution in [0.2, 0.25) is 0 Å². The van der Waals surface area contributed by atoms with Gasteiger partial charge in [-0.3, -0.25) is 0 Å². The van der Waals surface area contributed by atoms with E-state index >= 15 is 0 Å². The summed E-state index contributed by atoms with van der Waals surface area (Å²) >= 11 is 0. The van der Waals surface area contributed by atoms with Gasteiger partial charge in [0.2, 0.25) is 0 Å². The van der Waals surface area contributed by atoms with Crippen molar-refractivity contribution in [2.45, 2.75) is 44.6 Å². The van der Waals surface area contributed by atoms with Gasteiger partial charge in [-0.2, -0.15) is 0 Å². The molecule has 1 aliphatic carbocycles. The van der Waals surface area contributed by atoms with Crippen LogP contribution in [0, 0.1) is 5.92 Å². The molecule has 3 heteroatoms. The summed E-state index contributed by atoms with van der Waals surface area (Å²) in [4.78, 5) is 5.01. The van der Waals surface area contributed by atoms with Crippen LogP contribution in [0.1, 0.15) is 38.5 Å². The predicted octanol–water partition coefficient (Wildman–Crippen LogP) is 1.79. The molecule has 0 atom stereocenters. The van der Waals surface area contributed by atoms with Gasteiger partial charge in [0, 0.05) is 12.6 Å². The molecular formula is C15H31N3. The van der Waals surface area contributed by atoms with Gasteiger partial charge in [-0.25, -0.2) is 0 Å². The van der Waals surface area contributed by atoms with E-state index in [1.54, 1.807) is 0 Å². The molecule has 3 nitrogen and oxygen atoms in total. The van der Waals surface area contributed by atoms with E-state index in [0.29, 0.717) is 0 Å². The molecule has 18 heavy (non-hydrogen) atoms. The molecule has 0 radical (unpaired) electrons. The molecule has 2 fully saturated rings. The topological polar surface area (TPSA) is 18.5 Å². The summed E-state index contributed by atoms with van der Waals surface area (Å²) in [5.41, 5.74) is 0. The van der Waals surface area contributed by atoms with E-state index in [2.05, 4.69) is 29.2 Å². The molecule has 2 rings (SSSR count). The highest BCUT2D eigenvalue weighted by Gasteiger charge is 2.20. The van der Waals surface area contributed by atoms with Crippen LogP contribution in [-0.2, 0) is 0 Å². The van der Waals surface area contributed by atoms with Gasteiger partial charge >= 0.3 is 0 Å². The van der Waals surface area contributed by atoms with Crippen LogP contribution in [-0.4, -0.2) is 62.7 Å². The molecule has 0 unspecified atom stereocenters. The smallest absolute Gasteiger partial charge is 0.00682 e. The zero-order valence-corrected chi connectivity index (χ0v) is 12.3. The number of nitrogens with one attached hydrogen (secondary N) is 1. The highest BCUT2D eigenvalue weighted by molar-refractivity contribution is 4.80. The fourth-order valence-electron chi connectivity index (χ4n) is 2.88. The van der Waals surface area contributed by atoms with Crippen molar-refractivity contribution in [2.75, 3.05) is 46.8 Å². The largest absolute Gasteiger partial charge is 0.314 e. The van der Waals surface area contributed by atoms with Crippen molar-refractivity contribution in [2.24, 2.45) is 5.92 Å². The summed E-state index contributed by atoms with van der Waals surface area (Å²) in [6, 6.07) is 0.877. The van der Waals surface area contributed by atoms with Crippen LogP contribution < -0.4 is 5.32 Å². The maximum atomic E-state index is 3.59. The number of nitrogens with zero attached hydrogens (tertiary/aromatic N) is 2. The highest BCUT2D eigenvalue weighted by Crippen LogP contribution is 2.18. The third-order valence-electron chi connectivity index (χ3n) is 4.38. The number of unbranched alkanes of at least 4 members (excludes halogenated alkanes) is 1.